The molecule has 0 aliphatic heterocycles. The summed E-state index contributed by atoms with van der Waals surface area (Å²) in [6.07, 6.45) is 2.85. The topological polar surface area (TPSA) is 34.1 Å². The third kappa shape index (κ3) is 4.77. The van der Waals surface area contributed by atoms with Gasteiger partial charge in [0.2, 0.25) is 0 Å². The average molecular weight is 390 g/mol. The van der Waals surface area contributed by atoms with Gasteiger partial charge in [0.15, 0.2) is 0 Å². The lowest BCUT2D eigenvalue weighted by molar-refractivity contribution is 0.306. The molecule has 0 fully saturated rings. The molecule has 1 aromatic carbocycles. The van der Waals surface area contributed by atoms with Crippen molar-refractivity contribution in [2.75, 3.05) is 11.9 Å². The Morgan fingerprint density at radius 1 is 1.24 bits per heavy atom. The smallest absolute Gasteiger partial charge is 0.139 e. The van der Waals surface area contributed by atoms with E-state index in [1.54, 1.807) is 18.3 Å². The van der Waals surface area contributed by atoms with E-state index in [4.69, 9.17) is 27.9 Å². The highest BCUT2D eigenvalue weighted by Gasteiger charge is 2.07. The van der Waals surface area contributed by atoms with Gasteiger partial charge in [-0.2, -0.15) is 0 Å². The van der Waals surface area contributed by atoms with Gasteiger partial charge in [0.25, 0.3) is 0 Å². The van der Waals surface area contributed by atoms with E-state index in [2.05, 4.69) is 33.2 Å². The molecule has 6 heteroatoms. The van der Waals surface area contributed by atoms with Crippen molar-refractivity contribution in [2.45, 2.75) is 20.0 Å². The first-order chi connectivity index (χ1) is 10.1. The van der Waals surface area contributed by atoms with Gasteiger partial charge in [-0.25, -0.2) is 4.98 Å². The molecule has 0 unspecified atom stereocenters. The van der Waals surface area contributed by atoms with Crippen LogP contribution in [-0.2, 0) is 6.61 Å². The lowest BCUT2D eigenvalue weighted by atomic mass is 10.3. The Bertz CT molecular complexity index is 605. The number of pyridine rings is 1. The molecule has 112 valence electrons. The van der Waals surface area contributed by atoms with Gasteiger partial charge in [-0.05, 0) is 34.5 Å². The molecule has 2 aromatic rings. The van der Waals surface area contributed by atoms with E-state index < -0.39 is 0 Å². The normalized spacial score (nSPS) is 10.5. The van der Waals surface area contributed by atoms with Gasteiger partial charge >= 0.3 is 0 Å². The quantitative estimate of drug-likeness (QED) is 0.657. The van der Waals surface area contributed by atoms with Gasteiger partial charge < -0.3 is 10.1 Å². The first kappa shape index (κ1) is 16.4. The van der Waals surface area contributed by atoms with E-state index in [-0.39, 0.29) is 0 Å². The molecule has 0 bridgehead atoms. The Kier molecular flexibility index (Phi) is 6.15. The number of nitrogens with one attached hydrogen (secondary N) is 1. The minimum absolute atomic E-state index is 0.388. The summed E-state index contributed by atoms with van der Waals surface area (Å²) < 4.78 is 6.43. The number of aromatic nitrogens is 1. The summed E-state index contributed by atoms with van der Waals surface area (Å²) in [5.41, 5.74) is 0.965. The van der Waals surface area contributed by atoms with Crippen LogP contribution < -0.4 is 10.1 Å². The maximum atomic E-state index is 6.11. The molecule has 21 heavy (non-hydrogen) atoms. The molecule has 0 aliphatic carbocycles. The molecule has 1 aromatic heterocycles. The van der Waals surface area contributed by atoms with Crippen molar-refractivity contribution in [3.05, 3.63) is 50.5 Å². The van der Waals surface area contributed by atoms with Gasteiger partial charge in [0, 0.05) is 28.8 Å². The molecule has 3 nitrogen and oxygen atoms in total. The fourth-order valence-corrected chi connectivity index (χ4v) is 2.49. The van der Waals surface area contributed by atoms with Gasteiger partial charge in [-0.15, -0.1) is 0 Å². The van der Waals surface area contributed by atoms with Crippen molar-refractivity contribution in [3.63, 3.8) is 0 Å². The Balaban J connectivity index is 1.98. The van der Waals surface area contributed by atoms with E-state index in [1.165, 1.54) is 0 Å². The minimum Gasteiger partial charge on any atom is -0.487 e. The molecule has 2 rings (SSSR count). The highest BCUT2D eigenvalue weighted by molar-refractivity contribution is 9.10. The van der Waals surface area contributed by atoms with E-state index >= 15 is 0 Å². The maximum Gasteiger partial charge on any atom is 0.139 e. The SMILES string of the molecule is CCCNc1ccc(COc2cc(Cl)c(Br)cc2Cl)cn1. The molecule has 1 heterocycles. The van der Waals surface area contributed by atoms with Crippen LogP contribution in [0.5, 0.6) is 5.75 Å². The van der Waals surface area contributed by atoms with Crippen molar-refractivity contribution >= 4 is 44.9 Å². The number of hydrogen-bond acceptors (Lipinski definition) is 3. The highest BCUT2D eigenvalue weighted by atomic mass is 79.9. The molecular formula is C15H15BrCl2N2O. The van der Waals surface area contributed by atoms with Crippen molar-refractivity contribution in [2.24, 2.45) is 0 Å². The number of anilines is 1. The van der Waals surface area contributed by atoms with E-state index in [1.807, 2.05) is 12.1 Å². The highest BCUT2D eigenvalue weighted by Crippen LogP contribution is 2.34. The summed E-state index contributed by atoms with van der Waals surface area (Å²) in [5, 5.41) is 4.30. The average Bonchev–Trinajstić information content (AvgIpc) is 2.48. The van der Waals surface area contributed by atoms with Crippen molar-refractivity contribution in [3.8, 4) is 5.75 Å². The molecule has 1 N–H and O–H groups in total. The third-order valence-corrected chi connectivity index (χ3v) is 4.24. The first-order valence-corrected chi connectivity index (χ1v) is 8.11. The fourth-order valence-electron chi connectivity index (χ4n) is 1.64. The molecule has 0 radical (unpaired) electrons. The molecule has 0 aliphatic rings. The third-order valence-electron chi connectivity index (χ3n) is 2.75. The summed E-state index contributed by atoms with van der Waals surface area (Å²) in [5.74, 6) is 1.42. The lowest BCUT2D eigenvalue weighted by Gasteiger charge is -2.10. The second-order valence-corrected chi connectivity index (χ2v) is 6.13. The molecule has 0 spiro atoms. The monoisotopic (exact) mass is 388 g/mol. The van der Waals surface area contributed by atoms with Crippen LogP contribution in [0.15, 0.2) is 34.9 Å². The molecule has 0 saturated carbocycles. The summed E-state index contributed by atoms with van der Waals surface area (Å²) in [4.78, 5) is 4.32. The summed E-state index contributed by atoms with van der Waals surface area (Å²) in [6, 6.07) is 7.32. The van der Waals surface area contributed by atoms with Crippen LogP contribution in [0.2, 0.25) is 10.0 Å². The summed E-state index contributed by atoms with van der Waals surface area (Å²) >= 11 is 15.5. The number of hydrogen-bond donors (Lipinski definition) is 1. The number of benzene rings is 1. The number of rotatable bonds is 6. The van der Waals surface area contributed by atoms with E-state index in [0.29, 0.717) is 22.4 Å². The Morgan fingerprint density at radius 3 is 2.71 bits per heavy atom. The number of halogens is 3. The molecule has 0 amide bonds. The van der Waals surface area contributed by atoms with Gasteiger partial charge in [0.05, 0.1) is 10.0 Å². The van der Waals surface area contributed by atoms with Crippen LogP contribution in [0.4, 0.5) is 5.82 Å². The minimum atomic E-state index is 0.388. The predicted molar refractivity (Wildman–Crippen MR) is 91.5 cm³/mol. The fraction of sp³-hybridized carbons (Fsp3) is 0.267. The summed E-state index contributed by atoms with van der Waals surface area (Å²) in [7, 11) is 0. The van der Waals surface area contributed by atoms with Crippen LogP contribution in [0, 0.1) is 0 Å². The van der Waals surface area contributed by atoms with Crippen LogP contribution in [-0.4, -0.2) is 11.5 Å². The van der Waals surface area contributed by atoms with Crippen molar-refractivity contribution in [1.82, 2.24) is 4.98 Å². The van der Waals surface area contributed by atoms with Crippen LogP contribution >= 0.6 is 39.1 Å². The Morgan fingerprint density at radius 2 is 2.05 bits per heavy atom. The standard InChI is InChI=1S/C15H15BrCl2N2O/c1-2-5-19-15-4-3-10(8-20-15)9-21-14-7-12(17)11(16)6-13(14)18/h3-4,6-8H,2,5,9H2,1H3,(H,19,20). The maximum absolute atomic E-state index is 6.11. The molecule has 0 saturated heterocycles. The van der Waals surface area contributed by atoms with E-state index in [9.17, 15) is 0 Å². The molecule has 0 atom stereocenters. The van der Waals surface area contributed by atoms with E-state index in [0.717, 1.165) is 28.8 Å². The zero-order valence-corrected chi connectivity index (χ0v) is 14.6. The second kappa shape index (κ2) is 7.87. The largest absolute Gasteiger partial charge is 0.487 e. The van der Waals surface area contributed by atoms with Crippen molar-refractivity contribution in [1.29, 1.82) is 0 Å². The second-order valence-electron chi connectivity index (χ2n) is 4.46. The summed E-state index contributed by atoms with van der Waals surface area (Å²) in [6.45, 7) is 3.41. The van der Waals surface area contributed by atoms with Gasteiger partial charge in [-0.1, -0.05) is 36.2 Å². The van der Waals surface area contributed by atoms with Gasteiger partial charge in [-0.3, -0.25) is 0 Å². The van der Waals surface area contributed by atoms with Crippen LogP contribution in [0.3, 0.4) is 0 Å². The Hall–Kier alpha value is -0.970. The number of nitrogens with zero attached hydrogens (tertiary/aromatic N) is 1. The predicted octanol–water partition coefficient (Wildman–Crippen LogP) is 5.55. The van der Waals surface area contributed by atoms with Crippen LogP contribution in [0.25, 0.3) is 0 Å². The zero-order valence-electron chi connectivity index (χ0n) is 11.5. The first-order valence-electron chi connectivity index (χ1n) is 6.56. The molecular weight excluding hydrogens is 375 g/mol. The number of ether oxygens (including phenoxy) is 1. The lowest BCUT2D eigenvalue weighted by Crippen LogP contribution is -2.03. The van der Waals surface area contributed by atoms with Gasteiger partial charge in [0.1, 0.15) is 18.2 Å². The Labute approximate surface area is 142 Å². The zero-order chi connectivity index (χ0) is 15.2. The van der Waals surface area contributed by atoms with Crippen LogP contribution in [0.1, 0.15) is 18.9 Å². The van der Waals surface area contributed by atoms with Crippen molar-refractivity contribution < 1.29 is 4.74 Å².